The predicted octanol–water partition coefficient (Wildman–Crippen LogP) is 1.85. The van der Waals surface area contributed by atoms with Crippen molar-refractivity contribution >= 4 is 11.6 Å². The quantitative estimate of drug-likeness (QED) is 0.746. The largest absolute Gasteiger partial charge is 0.348 e. The summed E-state index contributed by atoms with van der Waals surface area (Å²) in [6.45, 7) is 7.12. The highest BCUT2D eigenvalue weighted by molar-refractivity contribution is 5.94. The Balaban J connectivity index is 1.51. The molecule has 148 valence electrons. The lowest BCUT2D eigenvalue weighted by Gasteiger charge is -2.16. The van der Waals surface area contributed by atoms with E-state index in [0.29, 0.717) is 37.3 Å². The highest BCUT2D eigenvalue weighted by atomic mass is 16.2. The number of carbonyl (C=O) groups excluding carboxylic acids is 1. The second-order valence-corrected chi connectivity index (χ2v) is 7.55. The molecule has 0 saturated carbocycles. The maximum absolute atomic E-state index is 13.0. The predicted molar refractivity (Wildman–Crippen MR) is 106 cm³/mol. The third kappa shape index (κ3) is 3.23. The summed E-state index contributed by atoms with van der Waals surface area (Å²) >= 11 is 0. The molecule has 3 aromatic rings. The number of carbonyl (C=O) groups is 1. The molecule has 0 spiro atoms. The second kappa shape index (κ2) is 7.26. The third-order valence-electron chi connectivity index (χ3n) is 5.36. The Kier molecular flexibility index (Phi) is 4.78. The van der Waals surface area contributed by atoms with Crippen LogP contribution in [0.25, 0.3) is 5.65 Å². The smallest absolute Gasteiger partial charge is 0.345 e. The molecule has 0 radical (unpaired) electrons. The number of pyridine rings is 1. The number of hydrogen-bond donors (Lipinski definition) is 1. The molecular weight excluding hydrogens is 356 g/mol. The molecule has 1 N–H and O–H groups in total. The second-order valence-electron chi connectivity index (χ2n) is 7.55. The van der Waals surface area contributed by atoms with Crippen LogP contribution in [-0.4, -0.2) is 35.7 Å². The average Bonchev–Trinajstić information content (AvgIpc) is 3.04. The van der Waals surface area contributed by atoms with Gasteiger partial charge in [0, 0.05) is 31.7 Å². The number of aromatic nitrogens is 5. The zero-order chi connectivity index (χ0) is 19.8. The molecule has 0 aromatic carbocycles. The van der Waals surface area contributed by atoms with E-state index >= 15 is 0 Å². The monoisotopic (exact) mass is 382 g/mol. The summed E-state index contributed by atoms with van der Waals surface area (Å²) in [4.78, 5) is 29.9. The first-order valence-electron chi connectivity index (χ1n) is 9.90. The number of imidazole rings is 1. The first-order chi connectivity index (χ1) is 13.5. The summed E-state index contributed by atoms with van der Waals surface area (Å²) in [5.41, 5.74) is 3.13. The van der Waals surface area contributed by atoms with Gasteiger partial charge in [0.2, 0.25) is 0 Å². The van der Waals surface area contributed by atoms with Crippen LogP contribution in [0.15, 0.2) is 23.1 Å². The van der Waals surface area contributed by atoms with Crippen molar-refractivity contribution in [2.24, 2.45) is 0 Å². The molecule has 4 heterocycles. The van der Waals surface area contributed by atoms with Crippen molar-refractivity contribution < 1.29 is 4.79 Å². The Labute approximate surface area is 163 Å². The summed E-state index contributed by atoms with van der Waals surface area (Å²) in [6, 6.07) is 3.94. The molecule has 4 rings (SSSR count). The standard InChI is InChI=1S/C20H26N6O2/c1-4-9-26-20(28)25-11-8-15(5-6-16(25)23-26)22-19(27)18-14(3)21-17-12-13(2)7-10-24(17)18/h7,10,12,15H,4-6,8-9,11H2,1-3H3,(H,22,27). The molecule has 8 nitrogen and oxygen atoms in total. The number of amides is 1. The van der Waals surface area contributed by atoms with E-state index < -0.39 is 0 Å². The lowest BCUT2D eigenvalue weighted by atomic mass is 10.1. The molecule has 0 saturated heterocycles. The molecular formula is C20H26N6O2. The number of hydrogen-bond acceptors (Lipinski definition) is 4. The van der Waals surface area contributed by atoms with Gasteiger partial charge < -0.3 is 5.32 Å². The van der Waals surface area contributed by atoms with Crippen LogP contribution >= 0.6 is 0 Å². The summed E-state index contributed by atoms with van der Waals surface area (Å²) in [5, 5.41) is 7.61. The number of nitrogens with one attached hydrogen (secondary N) is 1. The fourth-order valence-electron chi connectivity index (χ4n) is 3.92. The zero-order valence-corrected chi connectivity index (χ0v) is 16.6. The Morgan fingerprint density at radius 3 is 2.93 bits per heavy atom. The van der Waals surface area contributed by atoms with Gasteiger partial charge in [0.15, 0.2) is 0 Å². The van der Waals surface area contributed by atoms with Crippen LogP contribution in [0.1, 0.15) is 53.8 Å². The van der Waals surface area contributed by atoms with E-state index in [-0.39, 0.29) is 17.6 Å². The molecule has 0 fully saturated rings. The van der Waals surface area contributed by atoms with Crippen LogP contribution in [0.3, 0.4) is 0 Å². The van der Waals surface area contributed by atoms with E-state index in [4.69, 9.17) is 0 Å². The highest BCUT2D eigenvalue weighted by Crippen LogP contribution is 2.16. The SMILES string of the molecule is CCCn1nc2n(c1=O)CCC(NC(=O)c1c(C)nc3cc(C)ccn13)CC2. The molecule has 1 atom stereocenters. The first kappa shape index (κ1) is 18.5. The van der Waals surface area contributed by atoms with Gasteiger partial charge in [-0.15, -0.1) is 0 Å². The van der Waals surface area contributed by atoms with Crippen LogP contribution in [0.2, 0.25) is 0 Å². The fraction of sp³-hybridized carbons (Fsp3) is 0.500. The summed E-state index contributed by atoms with van der Waals surface area (Å²) < 4.78 is 5.14. The van der Waals surface area contributed by atoms with Crippen LogP contribution in [0.4, 0.5) is 0 Å². The van der Waals surface area contributed by atoms with Crippen LogP contribution < -0.4 is 11.0 Å². The van der Waals surface area contributed by atoms with E-state index in [1.54, 1.807) is 9.25 Å². The third-order valence-corrected chi connectivity index (χ3v) is 5.36. The molecule has 1 aliphatic rings. The highest BCUT2D eigenvalue weighted by Gasteiger charge is 2.24. The van der Waals surface area contributed by atoms with E-state index in [2.05, 4.69) is 15.4 Å². The molecule has 1 amide bonds. The van der Waals surface area contributed by atoms with E-state index in [0.717, 1.165) is 29.9 Å². The maximum atomic E-state index is 13.0. The van der Waals surface area contributed by atoms with Crippen LogP contribution in [0, 0.1) is 13.8 Å². The van der Waals surface area contributed by atoms with Crippen molar-refractivity contribution in [1.29, 1.82) is 0 Å². The van der Waals surface area contributed by atoms with Gasteiger partial charge in [-0.3, -0.25) is 13.8 Å². The topological polar surface area (TPSA) is 86.2 Å². The Morgan fingerprint density at radius 2 is 2.14 bits per heavy atom. The van der Waals surface area contributed by atoms with Crippen molar-refractivity contribution in [1.82, 2.24) is 29.0 Å². The summed E-state index contributed by atoms with van der Waals surface area (Å²) in [7, 11) is 0. The number of aryl methyl sites for hydroxylation is 4. The van der Waals surface area contributed by atoms with Crippen LogP contribution in [0.5, 0.6) is 0 Å². The van der Waals surface area contributed by atoms with Crippen molar-refractivity contribution in [3.63, 3.8) is 0 Å². The van der Waals surface area contributed by atoms with Gasteiger partial charge in [-0.25, -0.2) is 14.5 Å². The van der Waals surface area contributed by atoms with Gasteiger partial charge in [0.1, 0.15) is 17.2 Å². The Hall–Kier alpha value is -2.90. The Bertz CT molecular complexity index is 1090. The first-order valence-corrected chi connectivity index (χ1v) is 9.90. The molecule has 1 unspecified atom stereocenters. The molecule has 8 heteroatoms. The van der Waals surface area contributed by atoms with Crippen molar-refractivity contribution in [2.45, 2.75) is 65.6 Å². The number of rotatable bonds is 4. The minimum atomic E-state index is -0.123. The van der Waals surface area contributed by atoms with Crippen molar-refractivity contribution in [3.05, 3.63) is 51.6 Å². The maximum Gasteiger partial charge on any atom is 0.345 e. The van der Waals surface area contributed by atoms with E-state index in [9.17, 15) is 9.59 Å². The summed E-state index contributed by atoms with van der Waals surface area (Å²) in [6.07, 6.45) is 4.93. The lowest BCUT2D eigenvalue weighted by molar-refractivity contribution is 0.0926. The van der Waals surface area contributed by atoms with Crippen LogP contribution in [-0.2, 0) is 19.5 Å². The molecule has 3 aromatic heterocycles. The fourth-order valence-corrected chi connectivity index (χ4v) is 3.92. The summed E-state index contributed by atoms with van der Waals surface area (Å²) in [5.74, 6) is 0.693. The lowest BCUT2D eigenvalue weighted by Crippen LogP contribution is -2.36. The molecule has 0 bridgehead atoms. The van der Waals surface area contributed by atoms with Gasteiger partial charge in [-0.2, -0.15) is 5.10 Å². The Morgan fingerprint density at radius 1 is 1.32 bits per heavy atom. The molecule has 1 aliphatic heterocycles. The van der Waals surface area contributed by atoms with Gasteiger partial charge in [0.05, 0.1) is 5.69 Å². The van der Waals surface area contributed by atoms with Gasteiger partial charge in [-0.05, 0) is 50.8 Å². The van der Waals surface area contributed by atoms with Gasteiger partial charge in [-0.1, -0.05) is 6.92 Å². The zero-order valence-electron chi connectivity index (χ0n) is 16.6. The average molecular weight is 382 g/mol. The van der Waals surface area contributed by atoms with Crippen molar-refractivity contribution in [2.75, 3.05) is 0 Å². The van der Waals surface area contributed by atoms with E-state index in [1.807, 2.05) is 43.5 Å². The molecule has 0 aliphatic carbocycles. The van der Waals surface area contributed by atoms with Gasteiger partial charge >= 0.3 is 5.69 Å². The van der Waals surface area contributed by atoms with Gasteiger partial charge in [0.25, 0.3) is 5.91 Å². The van der Waals surface area contributed by atoms with E-state index in [1.165, 1.54) is 0 Å². The number of fused-ring (bicyclic) bond motifs is 2. The minimum Gasteiger partial charge on any atom is -0.348 e. The normalized spacial score (nSPS) is 16.8. The van der Waals surface area contributed by atoms with Crippen molar-refractivity contribution in [3.8, 4) is 0 Å². The minimum absolute atomic E-state index is 0.00336. The molecule has 28 heavy (non-hydrogen) atoms. The number of nitrogens with zero attached hydrogens (tertiary/aromatic N) is 5.